The molecule has 0 atom stereocenters. The molecule has 0 fully saturated rings. The van der Waals surface area contributed by atoms with Gasteiger partial charge in [0.2, 0.25) is 5.91 Å². The molecule has 9 heteroatoms. The highest BCUT2D eigenvalue weighted by atomic mass is 32.1. The zero-order chi connectivity index (χ0) is 18.4. The lowest BCUT2D eigenvalue weighted by molar-refractivity contribution is -0.114. The minimum atomic E-state index is -0.923. The van der Waals surface area contributed by atoms with Crippen LogP contribution in [0.4, 0.5) is 9.80 Å². The lowest BCUT2D eigenvalue weighted by atomic mass is 10.0. The van der Waals surface area contributed by atoms with Crippen molar-refractivity contribution in [2.45, 2.75) is 26.8 Å². The van der Waals surface area contributed by atoms with E-state index in [9.17, 15) is 14.7 Å². The summed E-state index contributed by atoms with van der Waals surface area (Å²) in [4.78, 5) is 34.4. The molecule has 26 heavy (non-hydrogen) atoms. The zero-order valence-corrected chi connectivity index (χ0v) is 15.8. The fraction of sp³-hybridized carbons (Fsp3) is 0.294. The quantitative estimate of drug-likeness (QED) is 0.697. The molecule has 3 aromatic rings. The molecule has 0 bridgehead atoms. The summed E-state index contributed by atoms with van der Waals surface area (Å²) < 4.78 is 1.05. The maximum absolute atomic E-state index is 11.7. The van der Waals surface area contributed by atoms with Crippen molar-refractivity contribution < 1.29 is 14.7 Å². The number of carbonyl (C=O) groups excluding carboxylic acids is 1. The van der Waals surface area contributed by atoms with E-state index in [4.69, 9.17) is 4.98 Å². The van der Waals surface area contributed by atoms with E-state index < -0.39 is 6.09 Å². The number of rotatable bonds is 2. The van der Waals surface area contributed by atoms with Gasteiger partial charge in [-0.3, -0.25) is 9.78 Å². The van der Waals surface area contributed by atoms with E-state index in [0.717, 1.165) is 41.9 Å². The van der Waals surface area contributed by atoms with E-state index in [2.05, 4.69) is 10.3 Å². The maximum atomic E-state index is 11.7. The number of aromatic nitrogens is 2. The van der Waals surface area contributed by atoms with Gasteiger partial charge in [-0.05, 0) is 25.0 Å². The third-order valence-corrected chi connectivity index (χ3v) is 6.49. The van der Waals surface area contributed by atoms with E-state index in [0.29, 0.717) is 19.5 Å². The maximum Gasteiger partial charge on any atom is 0.407 e. The average Bonchev–Trinajstić information content (AvgIpc) is 3.14. The topological polar surface area (TPSA) is 95.4 Å². The van der Waals surface area contributed by atoms with E-state index in [1.807, 2.05) is 13.0 Å². The fourth-order valence-corrected chi connectivity index (χ4v) is 5.60. The van der Waals surface area contributed by atoms with Gasteiger partial charge < -0.3 is 15.3 Å². The number of pyridine rings is 1. The number of fused-ring (bicyclic) bond motifs is 2. The Labute approximate surface area is 157 Å². The Balaban J connectivity index is 1.87. The van der Waals surface area contributed by atoms with Gasteiger partial charge in [0, 0.05) is 30.1 Å². The smallest absolute Gasteiger partial charge is 0.407 e. The van der Waals surface area contributed by atoms with Gasteiger partial charge in [0.25, 0.3) is 0 Å². The Bertz CT molecular complexity index is 1040. The first-order valence-electron chi connectivity index (χ1n) is 8.06. The van der Waals surface area contributed by atoms with E-state index in [1.54, 1.807) is 17.5 Å². The van der Waals surface area contributed by atoms with Gasteiger partial charge in [0.05, 0.1) is 16.9 Å². The third-order valence-electron chi connectivity index (χ3n) is 4.32. The van der Waals surface area contributed by atoms with Crippen LogP contribution in [0.25, 0.3) is 20.8 Å². The second-order valence-electron chi connectivity index (χ2n) is 6.11. The first kappa shape index (κ1) is 16.9. The monoisotopic (exact) mass is 388 g/mol. The Morgan fingerprint density at radius 2 is 2.15 bits per heavy atom. The van der Waals surface area contributed by atoms with Crippen LogP contribution in [-0.2, 0) is 17.8 Å². The zero-order valence-electron chi connectivity index (χ0n) is 14.2. The molecule has 4 heterocycles. The van der Waals surface area contributed by atoms with Gasteiger partial charge in [0.15, 0.2) is 0 Å². The summed E-state index contributed by atoms with van der Waals surface area (Å²) >= 11 is 3.00. The SMILES string of the molecule is CC(=O)Nc1sc2c(c1-c1nc3c(C)nccc3s1)CCN(C(=O)O)C2. The van der Waals surface area contributed by atoms with E-state index in [-0.39, 0.29) is 5.91 Å². The molecule has 7 nitrogen and oxygen atoms in total. The average molecular weight is 388 g/mol. The van der Waals surface area contributed by atoms with Crippen LogP contribution >= 0.6 is 22.7 Å². The molecule has 0 radical (unpaired) electrons. The van der Waals surface area contributed by atoms with Crippen LogP contribution in [0.2, 0.25) is 0 Å². The van der Waals surface area contributed by atoms with Gasteiger partial charge in [-0.15, -0.1) is 22.7 Å². The number of nitrogens with one attached hydrogen (secondary N) is 1. The fourth-order valence-electron chi connectivity index (χ4n) is 3.13. The summed E-state index contributed by atoms with van der Waals surface area (Å²) in [6, 6.07) is 1.94. The predicted octanol–water partition coefficient (Wildman–Crippen LogP) is 3.72. The van der Waals surface area contributed by atoms with Gasteiger partial charge in [0.1, 0.15) is 15.5 Å². The van der Waals surface area contributed by atoms with Crippen molar-refractivity contribution in [1.29, 1.82) is 0 Å². The lowest BCUT2D eigenvalue weighted by Gasteiger charge is -2.24. The number of hydrogen-bond acceptors (Lipinski definition) is 6. The number of anilines is 1. The number of hydrogen-bond donors (Lipinski definition) is 2. The Kier molecular flexibility index (Phi) is 4.12. The number of amides is 2. The third kappa shape index (κ3) is 2.82. The van der Waals surface area contributed by atoms with Gasteiger partial charge in [-0.2, -0.15) is 0 Å². The summed E-state index contributed by atoms with van der Waals surface area (Å²) in [5.74, 6) is -0.154. The van der Waals surface area contributed by atoms with Crippen LogP contribution < -0.4 is 5.32 Å². The number of nitrogens with zero attached hydrogens (tertiary/aromatic N) is 3. The number of carbonyl (C=O) groups is 2. The van der Waals surface area contributed by atoms with Crippen LogP contribution in [0.1, 0.15) is 23.1 Å². The largest absolute Gasteiger partial charge is 0.465 e. The Morgan fingerprint density at radius 1 is 1.35 bits per heavy atom. The molecule has 134 valence electrons. The summed E-state index contributed by atoms with van der Waals surface area (Å²) in [5.41, 5.74) is 3.74. The second-order valence-corrected chi connectivity index (χ2v) is 8.24. The highest BCUT2D eigenvalue weighted by Gasteiger charge is 2.29. The van der Waals surface area contributed by atoms with E-state index >= 15 is 0 Å². The second kappa shape index (κ2) is 6.33. The molecule has 3 aromatic heterocycles. The van der Waals surface area contributed by atoms with Crippen LogP contribution in [0.15, 0.2) is 12.3 Å². The van der Waals surface area contributed by atoms with Crippen molar-refractivity contribution in [2.75, 3.05) is 11.9 Å². The highest BCUT2D eigenvalue weighted by Crippen LogP contribution is 2.45. The number of aryl methyl sites for hydroxylation is 1. The van der Waals surface area contributed by atoms with Gasteiger partial charge in [-0.1, -0.05) is 0 Å². The van der Waals surface area contributed by atoms with Crippen molar-refractivity contribution in [1.82, 2.24) is 14.9 Å². The summed E-state index contributed by atoms with van der Waals surface area (Å²) in [7, 11) is 0. The molecule has 4 rings (SSSR count). The summed E-state index contributed by atoms with van der Waals surface area (Å²) in [6.45, 7) is 4.18. The minimum absolute atomic E-state index is 0.154. The standard InChI is InChI=1S/C17H16N4O3S2/c1-8-14-11(3-5-18-8)25-16(20-14)13-10-4-6-21(17(23)24)7-12(10)26-15(13)19-9(2)22/h3,5H,4,6-7H2,1-2H3,(H,19,22)(H,23,24). The lowest BCUT2D eigenvalue weighted by Crippen LogP contribution is -2.34. The minimum Gasteiger partial charge on any atom is -0.465 e. The normalized spacial score (nSPS) is 13.7. The van der Waals surface area contributed by atoms with Gasteiger partial charge >= 0.3 is 6.09 Å². The molecular formula is C17H16N4O3S2. The molecule has 0 aromatic carbocycles. The molecule has 0 saturated carbocycles. The van der Waals surface area contributed by atoms with Crippen molar-refractivity contribution in [2.24, 2.45) is 0 Å². The number of carboxylic acid groups (broad SMARTS) is 1. The molecule has 0 aliphatic carbocycles. The molecule has 2 N–H and O–H groups in total. The molecule has 1 aliphatic heterocycles. The predicted molar refractivity (Wildman–Crippen MR) is 102 cm³/mol. The molecular weight excluding hydrogens is 372 g/mol. The van der Waals surface area contributed by atoms with Gasteiger partial charge in [-0.25, -0.2) is 9.78 Å². The first-order valence-corrected chi connectivity index (χ1v) is 9.70. The first-order chi connectivity index (χ1) is 12.4. The van der Waals surface area contributed by atoms with Crippen LogP contribution in [0.5, 0.6) is 0 Å². The molecule has 0 saturated heterocycles. The van der Waals surface area contributed by atoms with Crippen molar-refractivity contribution >= 4 is 49.9 Å². The van der Waals surface area contributed by atoms with Crippen molar-refractivity contribution in [3.63, 3.8) is 0 Å². The summed E-state index contributed by atoms with van der Waals surface area (Å²) in [6.07, 6.45) is 1.45. The number of thiazole rings is 1. The molecule has 0 unspecified atom stereocenters. The molecule has 2 amide bonds. The molecule has 0 spiro atoms. The Hall–Kier alpha value is -2.52. The summed E-state index contributed by atoms with van der Waals surface area (Å²) in [5, 5.41) is 13.7. The van der Waals surface area contributed by atoms with Crippen LogP contribution in [0, 0.1) is 6.92 Å². The highest BCUT2D eigenvalue weighted by molar-refractivity contribution is 7.23. The molecule has 1 aliphatic rings. The van der Waals surface area contributed by atoms with Crippen LogP contribution in [0.3, 0.4) is 0 Å². The van der Waals surface area contributed by atoms with Crippen molar-refractivity contribution in [3.05, 3.63) is 28.4 Å². The van der Waals surface area contributed by atoms with Crippen molar-refractivity contribution in [3.8, 4) is 10.6 Å². The Morgan fingerprint density at radius 3 is 2.85 bits per heavy atom. The van der Waals surface area contributed by atoms with Crippen LogP contribution in [-0.4, -0.2) is 38.5 Å². The van der Waals surface area contributed by atoms with E-state index in [1.165, 1.54) is 23.2 Å². The number of thiophene rings is 1.